The van der Waals surface area contributed by atoms with Gasteiger partial charge in [-0.2, -0.15) is 0 Å². The first-order valence-electron chi connectivity index (χ1n) is 6.19. The van der Waals surface area contributed by atoms with Gasteiger partial charge >= 0.3 is 5.97 Å². The number of fused-ring (bicyclic) bond motifs is 1. The SMILES string of the molecule is C=CCN(CC(=O)O)Cc1ccc(Cl)c2cccnc12. The van der Waals surface area contributed by atoms with Crippen LogP contribution in [0.25, 0.3) is 10.9 Å². The molecule has 2 rings (SSSR count). The lowest BCUT2D eigenvalue weighted by molar-refractivity contribution is -0.138. The Kier molecular flexibility index (Phi) is 4.71. The number of aromatic nitrogens is 1. The number of rotatable bonds is 6. The van der Waals surface area contributed by atoms with Gasteiger partial charge in [-0.25, -0.2) is 0 Å². The highest BCUT2D eigenvalue weighted by molar-refractivity contribution is 6.35. The van der Waals surface area contributed by atoms with Gasteiger partial charge in [0.2, 0.25) is 0 Å². The molecule has 0 spiro atoms. The van der Waals surface area contributed by atoms with Gasteiger partial charge in [-0.15, -0.1) is 6.58 Å². The van der Waals surface area contributed by atoms with E-state index in [0.717, 1.165) is 16.5 Å². The number of halogens is 1. The fourth-order valence-corrected chi connectivity index (χ4v) is 2.34. The van der Waals surface area contributed by atoms with E-state index in [9.17, 15) is 4.79 Å². The van der Waals surface area contributed by atoms with Crippen LogP contribution in [0, 0.1) is 0 Å². The molecule has 5 heteroatoms. The van der Waals surface area contributed by atoms with Crippen LogP contribution >= 0.6 is 11.6 Å². The number of carbonyl (C=O) groups is 1. The Bertz CT molecular complexity index is 643. The van der Waals surface area contributed by atoms with Gasteiger partial charge in [0.25, 0.3) is 0 Å². The van der Waals surface area contributed by atoms with Crippen molar-refractivity contribution in [2.24, 2.45) is 0 Å². The molecule has 0 saturated heterocycles. The largest absolute Gasteiger partial charge is 0.480 e. The van der Waals surface area contributed by atoms with Crippen LogP contribution in [0.4, 0.5) is 0 Å². The van der Waals surface area contributed by atoms with Crippen LogP contribution in [-0.2, 0) is 11.3 Å². The summed E-state index contributed by atoms with van der Waals surface area (Å²) in [6.07, 6.45) is 3.39. The van der Waals surface area contributed by atoms with Crippen molar-refractivity contribution < 1.29 is 9.90 Å². The zero-order valence-corrected chi connectivity index (χ0v) is 11.7. The molecule has 0 aliphatic carbocycles. The monoisotopic (exact) mass is 290 g/mol. The third kappa shape index (κ3) is 3.35. The Morgan fingerprint density at radius 2 is 2.25 bits per heavy atom. The van der Waals surface area contributed by atoms with E-state index in [4.69, 9.17) is 16.7 Å². The molecule has 0 aliphatic rings. The molecule has 2 aromatic rings. The van der Waals surface area contributed by atoms with Crippen LogP contribution in [0.5, 0.6) is 0 Å². The average molecular weight is 291 g/mol. The van der Waals surface area contributed by atoms with Gasteiger partial charge < -0.3 is 5.11 Å². The molecule has 0 amide bonds. The molecule has 0 fully saturated rings. The van der Waals surface area contributed by atoms with E-state index in [-0.39, 0.29) is 6.54 Å². The predicted molar refractivity (Wildman–Crippen MR) is 79.9 cm³/mol. The number of carboxylic acids is 1. The number of nitrogens with zero attached hydrogens (tertiary/aromatic N) is 2. The molecule has 0 unspecified atom stereocenters. The predicted octanol–water partition coefficient (Wildman–Crippen LogP) is 2.96. The summed E-state index contributed by atoms with van der Waals surface area (Å²) in [7, 11) is 0. The highest BCUT2D eigenvalue weighted by atomic mass is 35.5. The van der Waals surface area contributed by atoms with E-state index < -0.39 is 5.97 Å². The zero-order valence-electron chi connectivity index (χ0n) is 10.9. The maximum absolute atomic E-state index is 10.9. The second-order valence-corrected chi connectivity index (χ2v) is 4.87. The number of aliphatic carboxylic acids is 1. The quantitative estimate of drug-likeness (QED) is 0.831. The summed E-state index contributed by atoms with van der Waals surface area (Å²) in [6, 6.07) is 7.43. The molecule has 0 bridgehead atoms. The van der Waals surface area contributed by atoms with Crippen molar-refractivity contribution in [2.45, 2.75) is 6.54 Å². The molecule has 0 radical (unpaired) electrons. The van der Waals surface area contributed by atoms with Crippen LogP contribution in [-0.4, -0.2) is 34.0 Å². The van der Waals surface area contributed by atoms with Gasteiger partial charge in [0.1, 0.15) is 0 Å². The maximum atomic E-state index is 10.9. The zero-order chi connectivity index (χ0) is 14.5. The average Bonchev–Trinajstić information content (AvgIpc) is 2.42. The number of pyridine rings is 1. The van der Waals surface area contributed by atoms with Gasteiger partial charge in [-0.3, -0.25) is 14.7 Å². The summed E-state index contributed by atoms with van der Waals surface area (Å²) >= 11 is 6.15. The summed E-state index contributed by atoms with van der Waals surface area (Å²) in [6.45, 7) is 4.61. The smallest absolute Gasteiger partial charge is 0.317 e. The summed E-state index contributed by atoms with van der Waals surface area (Å²) in [5.74, 6) is -0.863. The van der Waals surface area contributed by atoms with Gasteiger partial charge in [-0.05, 0) is 23.8 Å². The summed E-state index contributed by atoms with van der Waals surface area (Å²) in [5, 5.41) is 10.5. The Hall–Kier alpha value is -1.91. The van der Waals surface area contributed by atoms with E-state index in [0.29, 0.717) is 18.1 Å². The maximum Gasteiger partial charge on any atom is 0.317 e. The highest BCUT2D eigenvalue weighted by Crippen LogP contribution is 2.25. The van der Waals surface area contributed by atoms with Crippen molar-refractivity contribution in [1.29, 1.82) is 0 Å². The number of carboxylic acid groups (broad SMARTS) is 1. The fourth-order valence-electron chi connectivity index (χ4n) is 2.12. The van der Waals surface area contributed by atoms with Crippen LogP contribution in [0.1, 0.15) is 5.56 Å². The van der Waals surface area contributed by atoms with Crippen molar-refractivity contribution in [3.63, 3.8) is 0 Å². The topological polar surface area (TPSA) is 53.4 Å². The number of benzene rings is 1. The first-order valence-corrected chi connectivity index (χ1v) is 6.56. The third-order valence-corrected chi connectivity index (χ3v) is 3.27. The minimum Gasteiger partial charge on any atom is -0.480 e. The lowest BCUT2D eigenvalue weighted by Crippen LogP contribution is -2.29. The molecule has 1 N–H and O–H groups in total. The van der Waals surface area contributed by atoms with E-state index in [1.165, 1.54) is 0 Å². The fraction of sp³-hybridized carbons (Fsp3) is 0.200. The second-order valence-electron chi connectivity index (χ2n) is 4.46. The van der Waals surface area contributed by atoms with Crippen molar-refractivity contribution >= 4 is 28.5 Å². The van der Waals surface area contributed by atoms with Crippen LogP contribution < -0.4 is 0 Å². The molecule has 0 atom stereocenters. The van der Waals surface area contributed by atoms with Gasteiger partial charge in [0, 0.05) is 29.7 Å². The van der Waals surface area contributed by atoms with E-state index in [2.05, 4.69) is 11.6 Å². The highest BCUT2D eigenvalue weighted by Gasteiger charge is 2.12. The van der Waals surface area contributed by atoms with Crippen molar-refractivity contribution in [2.75, 3.05) is 13.1 Å². The normalized spacial score (nSPS) is 10.9. The summed E-state index contributed by atoms with van der Waals surface area (Å²) in [4.78, 5) is 17.0. The Balaban J connectivity index is 2.34. The number of hydrogen-bond acceptors (Lipinski definition) is 3. The minimum atomic E-state index is -0.863. The molecular formula is C15H15ClN2O2. The van der Waals surface area contributed by atoms with Crippen molar-refractivity contribution in [3.8, 4) is 0 Å². The van der Waals surface area contributed by atoms with Gasteiger partial charge in [-0.1, -0.05) is 23.7 Å². The molecule has 4 nitrogen and oxygen atoms in total. The van der Waals surface area contributed by atoms with Gasteiger partial charge in [0.15, 0.2) is 0 Å². The molecule has 1 heterocycles. The van der Waals surface area contributed by atoms with E-state index in [1.54, 1.807) is 17.2 Å². The Morgan fingerprint density at radius 1 is 1.45 bits per heavy atom. The van der Waals surface area contributed by atoms with Crippen LogP contribution in [0.15, 0.2) is 43.1 Å². The lowest BCUT2D eigenvalue weighted by Gasteiger charge is -2.19. The van der Waals surface area contributed by atoms with E-state index >= 15 is 0 Å². The summed E-state index contributed by atoms with van der Waals surface area (Å²) < 4.78 is 0. The third-order valence-electron chi connectivity index (χ3n) is 2.94. The van der Waals surface area contributed by atoms with Crippen LogP contribution in [0.3, 0.4) is 0 Å². The Labute approximate surface area is 122 Å². The molecule has 20 heavy (non-hydrogen) atoms. The van der Waals surface area contributed by atoms with Gasteiger partial charge in [0.05, 0.1) is 12.1 Å². The Morgan fingerprint density at radius 3 is 2.95 bits per heavy atom. The number of hydrogen-bond donors (Lipinski definition) is 1. The van der Waals surface area contributed by atoms with Crippen molar-refractivity contribution in [3.05, 3.63) is 53.7 Å². The first-order chi connectivity index (χ1) is 9.61. The summed E-state index contributed by atoms with van der Waals surface area (Å²) in [5.41, 5.74) is 1.76. The molecular weight excluding hydrogens is 276 g/mol. The lowest BCUT2D eigenvalue weighted by atomic mass is 10.1. The molecule has 1 aromatic heterocycles. The molecule has 104 valence electrons. The molecule has 1 aromatic carbocycles. The van der Waals surface area contributed by atoms with Crippen molar-refractivity contribution in [1.82, 2.24) is 9.88 Å². The van der Waals surface area contributed by atoms with E-state index in [1.807, 2.05) is 24.3 Å². The molecule has 0 aliphatic heterocycles. The molecule has 0 saturated carbocycles. The minimum absolute atomic E-state index is 0.0387. The second kappa shape index (κ2) is 6.50. The standard InChI is InChI=1S/C15H15ClN2O2/c1-2-8-18(10-14(19)20)9-11-5-6-13(16)12-4-3-7-17-15(11)12/h2-7H,1,8-10H2,(H,19,20). The first kappa shape index (κ1) is 14.5. The van der Waals surface area contributed by atoms with Crippen LogP contribution in [0.2, 0.25) is 5.02 Å².